The molecule has 1 saturated carbocycles. The van der Waals surface area contributed by atoms with Crippen molar-refractivity contribution in [2.45, 2.75) is 12.8 Å². The molecule has 1 aliphatic carbocycles. The van der Waals surface area contributed by atoms with E-state index in [2.05, 4.69) is 26.3 Å². The zero-order valence-corrected chi connectivity index (χ0v) is 14.6. The summed E-state index contributed by atoms with van der Waals surface area (Å²) in [5.41, 5.74) is 0.715. The summed E-state index contributed by atoms with van der Waals surface area (Å²) in [7, 11) is 0. The van der Waals surface area contributed by atoms with Gasteiger partial charge < -0.3 is 10.1 Å². The monoisotopic (exact) mass is 365 g/mol. The van der Waals surface area contributed by atoms with Gasteiger partial charge in [-0.15, -0.1) is 0 Å². The van der Waals surface area contributed by atoms with Crippen molar-refractivity contribution in [3.8, 4) is 11.8 Å². The lowest BCUT2D eigenvalue weighted by molar-refractivity contribution is 0.292. The van der Waals surface area contributed by atoms with E-state index in [4.69, 9.17) is 21.6 Å². The van der Waals surface area contributed by atoms with Crippen molar-refractivity contribution in [1.29, 1.82) is 5.26 Å². The van der Waals surface area contributed by atoms with E-state index >= 15 is 0 Å². The van der Waals surface area contributed by atoms with E-state index in [1.54, 1.807) is 18.6 Å². The number of halogens is 1. The van der Waals surface area contributed by atoms with Crippen LogP contribution in [0.3, 0.4) is 0 Å². The predicted octanol–water partition coefficient (Wildman–Crippen LogP) is 4.35. The van der Waals surface area contributed by atoms with Gasteiger partial charge in [-0.25, -0.2) is 15.0 Å². The van der Waals surface area contributed by atoms with Crippen molar-refractivity contribution in [1.82, 2.24) is 15.0 Å². The summed E-state index contributed by atoms with van der Waals surface area (Å²) < 4.78 is 5.90. The molecular weight excluding hydrogens is 350 g/mol. The summed E-state index contributed by atoms with van der Waals surface area (Å²) in [5.74, 6) is 2.55. The summed E-state index contributed by atoms with van der Waals surface area (Å²) in [6.07, 6.45) is 6.68. The molecule has 0 aliphatic heterocycles. The van der Waals surface area contributed by atoms with Gasteiger partial charge in [-0.3, -0.25) is 0 Å². The summed E-state index contributed by atoms with van der Waals surface area (Å²) in [6.45, 7) is 0.663. The Balaban J connectivity index is 1.48. The molecule has 0 radical (unpaired) electrons. The first kappa shape index (κ1) is 16.6. The molecule has 0 spiro atoms. The highest BCUT2D eigenvalue weighted by atomic mass is 35.5. The Hall–Kier alpha value is -2.91. The largest absolute Gasteiger partial charge is 0.493 e. The fourth-order valence-electron chi connectivity index (χ4n) is 2.94. The molecule has 2 aromatic heterocycles. The molecule has 26 heavy (non-hydrogen) atoms. The highest BCUT2D eigenvalue weighted by molar-refractivity contribution is 6.28. The van der Waals surface area contributed by atoms with Crippen LogP contribution in [0, 0.1) is 23.2 Å². The smallest absolute Gasteiger partial charge is 0.222 e. The fraction of sp³-hybridized carbons (Fsp3) is 0.263. The first-order valence-electron chi connectivity index (χ1n) is 8.36. The third kappa shape index (κ3) is 3.68. The van der Waals surface area contributed by atoms with Gasteiger partial charge in [0.2, 0.25) is 5.28 Å². The third-order valence-electron chi connectivity index (χ3n) is 4.51. The summed E-state index contributed by atoms with van der Waals surface area (Å²) >= 11 is 5.71. The van der Waals surface area contributed by atoms with Gasteiger partial charge >= 0.3 is 0 Å². The van der Waals surface area contributed by atoms with Crippen LogP contribution >= 0.6 is 11.6 Å². The first-order chi connectivity index (χ1) is 12.7. The minimum atomic E-state index is 0.205. The zero-order valence-electron chi connectivity index (χ0n) is 13.9. The summed E-state index contributed by atoms with van der Waals surface area (Å²) in [5, 5.41) is 14.1. The van der Waals surface area contributed by atoms with Crippen LogP contribution in [0.15, 0.2) is 42.9 Å². The maximum Gasteiger partial charge on any atom is 0.222 e. The van der Waals surface area contributed by atoms with Crippen molar-refractivity contribution in [2.24, 2.45) is 11.8 Å². The van der Waals surface area contributed by atoms with Crippen LogP contribution in [0.2, 0.25) is 5.28 Å². The molecule has 1 fully saturated rings. The van der Waals surface area contributed by atoms with Gasteiger partial charge in [0.25, 0.3) is 0 Å². The lowest BCUT2D eigenvalue weighted by Crippen LogP contribution is -2.01. The van der Waals surface area contributed by atoms with Gasteiger partial charge in [0.15, 0.2) is 0 Å². The summed E-state index contributed by atoms with van der Waals surface area (Å²) in [6, 6.07) is 10.1. The maximum absolute atomic E-state index is 8.73. The molecule has 0 saturated heterocycles. The van der Waals surface area contributed by atoms with Crippen LogP contribution in [0.1, 0.15) is 12.8 Å². The molecule has 130 valence electrons. The molecule has 0 amide bonds. The predicted molar refractivity (Wildman–Crippen MR) is 99.4 cm³/mol. The molecule has 2 heterocycles. The number of ether oxygens (including phenoxy) is 1. The molecule has 3 aromatic rings. The lowest BCUT2D eigenvalue weighted by atomic mass is 10.1. The lowest BCUT2D eigenvalue weighted by Gasteiger charge is -2.10. The molecular formula is C19H16ClN5O. The minimum absolute atomic E-state index is 0.205. The zero-order chi connectivity index (χ0) is 17.9. The number of nitrogens with zero attached hydrogens (tertiary/aromatic N) is 4. The topological polar surface area (TPSA) is 83.7 Å². The Labute approximate surface area is 155 Å². The number of nitrogens with one attached hydrogen (secondary N) is 1. The number of nitriles is 1. The van der Waals surface area contributed by atoms with Gasteiger partial charge in [0.05, 0.1) is 30.8 Å². The second-order valence-electron chi connectivity index (χ2n) is 6.34. The van der Waals surface area contributed by atoms with Crippen LogP contribution in [0.4, 0.5) is 11.5 Å². The highest BCUT2D eigenvalue weighted by Gasteiger charge is 2.37. The fourth-order valence-corrected chi connectivity index (χ4v) is 3.04. The highest BCUT2D eigenvalue weighted by Crippen LogP contribution is 2.41. The van der Waals surface area contributed by atoms with Crippen molar-refractivity contribution in [2.75, 3.05) is 11.9 Å². The number of aromatic nitrogens is 3. The van der Waals surface area contributed by atoms with Gasteiger partial charge in [-0.1, -0.05) is 0 Å². The molecule has 1 aliphatic rings. The minimum Gasteiger partial charge on any atom is -0.493 e. The molecule has 2 atom stereocenters. The van der Waals surface area contributed by atoms with Crippen LogP contribution in [0.25, 0.3) is 10.8 Å². The average molecular weight is 366 g/mol. The number of pyridine rings is 1. The van der Waals surface area contributed by atoms with Gasteiger partial charge in [0, 0.05) is 18.0 Å². The number of rotatable bonds is 6. The second-order valence-corrected chi connectivity index (χ2v) is 6.68. The second kappa shape index (κ2) is 7.14. The number of benzene rings is 1. The molecule has 4 rings (SSSR count). The maximum atomic E-state index is 8.73. The quantitative estimate of drug-likeness (QED) is 0.654. The molecule has 2 unspecified atom stereocenters. The van der Waals surface area contributed by atoms with Crippen LogP contribution in [-0.4, -0.2) is 21.6 Å². The van der Waals surface area contributed by atoms with Crippen LogP contribution in [0.5, 0.6) is 5.75 Å². The first-order valence-corrected chi connectivity index (χ1v) is 8.74. The van der Waals surface area contributed by atoms with E-state index < -0.39 is 0 Å². The standard InChI is InChI=1S/C19H16ClN5O/c20-19-23-9-15(10-24-19)25-18-17-2-1-16(8-13(17)4-6-22-18)26-11-14-7-12(14)3-5-21/h1-2,4,6,8-10,12,14H,3,7,11H2,(H,22,25). The van der Waals surface area contributed by atoms with E-state index in [0.29, 0.717) is 30.6 Å². The average Bonchev–Trinajstić information content (AvgIpc) is 3.40. The molecule has 1 N–H and O–H groups in total. The third-order valence-corrected chi connectivity index (χ3v) is 4.70. The number of hydrogen-bond donors (Lipinski definition) is 1. The van der Waals surface area contributed by atoms with Gasteiger partial charge in [-0.2, -0.15) is 5.26 Å². The van der Waals surface area contributed by atoms with Crippen molar-refractivity contribution in [3.63, 3.8) is 0 Å². The van der Waals surface area contributed by atoms with E-state index in [9.17, 15) is 0 Å². The Kier molecular flexibility index (Phi) is 4.55. The Morgan fingerprint density at radius 2 is 2.04 bits per heavy atom. The van der Waals surface area contributed by atoms with Crippen molar-refractivity contribution in [3.05, 3.63) is 48.1 Å². The van der Waals surface area contributed by atoms with E-state index in [0.717, 1.165) is 28.8 Å². The Morgan fingerprint density at radius 1 is 1.19 bits per heavy atom. The van der Waals surface area contributed by atoms with Crippen LogP contribution in [-0.2, 0) is 0 Å². The number of fused-ring (bicyclic) bond motifs is 1. The molecule has 7 heteroatoms. The normalized spacial score (nSPS) is 18.3. The summed E-state index contributed by atoms with van der Waals surface area (Å²) in [4.78, 5) is 12.3. The van der Waals surface area contributed by atoms with E-state index in [1.807, 2.05) is 24.3 Å². The number of hydrogen-bond acceptors (Lipinski definition) is 6. The van der Waals surface area contributed by atoms with E-state index in [1.165, 1.54) is 0 Å². The SMILES string of the molecule is N#CCC1CC1COc1ccc2c(Nc3cnc(Cl)nc3)nccc2c1. The molecule has 1 aromatic carbocycles. The Morgan fingerprint density at radius 3 is 2.85 bits per heavy atom. The molecule has 0 bridgehead atoms. The van der Waals surface area contributed by atoms with Crippen molar-refractivity contribution < 1.29 is 4.74 Å². The van der Waals surface area contributed by atoms with E-state index in [-0.39, 0.29) is 5.28 Å². The van der Waals surface area contributed by atoms with Crippen molar-refractivity contribution >= 4 is 33.9 Å². The van der Waals surface area contributed by atoms with Gasteiger partial charge in [0.1, 0.15) is 11.6 Å². The number of anilines is 2. The van der Waals surface area contributed by atoms with Crippen LogP contribution < -0.4 is 10.1 Å². The Bertz CT molecular complexity index is 970. The van der Waals surface area contributed by atoms with Gasteiger partial charge in [-0.05, 0) is 59.5 Å². The molecule has 6 nitrogen and oxygen atoms in total.